The van der Waals surface area contributed by atoms with Crippen LogP contribution in [0.1, 0.15) is 34.8 Å². The maximum absolute atomic E-state index is 13.3. The number of piperidine rings is 1. The lowest BCUT2D eigenvalue weighted by Gasteiger charge is -2.32. The molecule has 1 saturated heterocycles. The van der Waals surface area contributed by atoms with Gasteiger partial charge in [0, 0.05) is 47.4 Å². The van der Waals surface area contributed by atoms with Gasteiger partial charge >= 0.3 is 0 Å². The van der Waals surface area contributed by atoms with E-state index in [1.54, 1.807) is 18.3 Å². The Hall–Kier alpha value is -3.60. The Morgan fingerprint density at radius 2 is 1.87 bits per heavy atom. The average molecular weight is 411 g/mol. The van der Waals surface area contributed by atoms with Crippen molar-refractivity contribution in [3.8, 4) is 11.3 Å². The highest BCUT2D eigenvalue weighted by Crippen LogP contribution is 2.29. The molecule has 0 radical (unpaired) electrons. The number of hydrogen-bond acceptors (Lipinski definition) is 3. The van der Waals surface area contributed by atoms with Gasteiger partial charge in [0.15, 0.2) is 0 Å². The minimum atomic E-state index is -0.259. The SMILES string of the molecule is O=C(c1ccc2ncccc2c1)N1CCC[C@H](c2cccc(-c3ccc(F)cc3)n2)C1. The van der Waals surface area contributed by atoms with Gasteiger partial charge in [-0.25, -0.2) is 4.39 Å². The van der Waals surface area contributed by atoms with Crippen LogP contribution >= 0.6 is 0 Å². The Kier molecular flexibility index (Phi) is 5.16. The number of amides is 1. The first-order valence-electron chi connectivity index (χ1n) is 10.5. The number of nitrogens with zero attached hydrogens (tertiary/aromatic N) is 3. The Morgan fingerprint density at radius 1 is 1.00 bits per heavy atom. The van der Waals surface area contributed by atoms with Gasteiger partial charge in [-0.1, -0.05) is 12.1 Å². The van der Waals surface area contributed by atoms with Gasteiger partial charge < -0.3 is 4.90 Å². The van der Waals surface area contributed by atoms with E-state index >= 15 is 0 Å². The quantitative estimate of drug-likeness (QED) is 0.450. The number of carbonyl (C=O) groups excluding carboxylic acids is 1. The summed E-state index contributed by atoms with van der Waals surface area (Å²) in [7, 11) is 0. The molecule has 0 spiro atoms. The number of fused-ring (bicyclic) bond motifs is 1. The van der Waals surface area contributed by atoms with E-state index in [9.17, 15) is 9.18 Å². The molecule has 1 aliphatic rings. The highest BCUT2D eigenvalue weighted by molar-refractivity contribution is 5.98. The molecule has 5 heteroatoms. The summed E-state index contributed by atoms with van der Waals surface area (Å²) < 4.78 is 13.3. The second kappa shape index (κ2) is 8.26. The summed E-state index contributed by atoms with van der Waals surface area (Å²) in [6.07, 6.45) is 3.69. The van der Waals surface area contributed by atoms with E-state index in [0.717, 1.165) is 47.2 Å². The molecule has 1 atom stereocenters. The Balaban J connectivity index is 1.37. The first-order valence-corrected chi connectivity index (χ1v) is 10.5. The molecule has 0 saturated carbocycles. The van der Waals surface area contributed by atoms with Crippen molar-refractivity contribution in [2.24, 2.45) is 0 Å². The molecular formula is C26H22FN3O. The molecule has 1 aliphatic heterocycles. The molecule has 1 amide bonds. The van der Waals surface area contributed by atoms with Gasteiger partial charge in [0.05, 0.1) is 11.2 Å². The molecule has 4 nitrogen and oxygen atoms in total. The Morgan fingerprint density at radius 3 is 2.74 bits per heavy atom. The fraction of sp³-hybridized carbons (Fsp3) is 0.192. The van der Waals surface area contributed by atoms with Gasteiger partial charge in [0.1, 0.15) is 5.82 Å². The number of halogens is 1. The summed E-state index contributed by atoms with van der Waals surface area (Å²) in [5.74, 6) is -0.0313. The lowest BCUT2D eigenvalue weighted by Crippen LogP contribution is -2.39. The molecule has 0 N–H and O–H groups in total. The molecule has 1 fully saturated rings. The van der Waals surface area contributed by atoms with E-state index in [-0.39, 0.29) is 17.6 Å². The van der Waals surface area contributed by atoms with E-state index in [4.69, 9.17) is 4.98 Å². The van der Waals surface area contributed by atoms with Gasteiger partial charge in [-0.05, 0) is 73.5 Å². The van der Waals surface area contributed by atoms with Crippen LogP contribution in [0.25, 0.3) is 22.2 Å². The summed E-state index contributed by atoms with van der Waals surface area (Å²) in [4.78, 5) is 24.3. The predicted octanol–water partition coefficient (Wildman–Crippen LogP) is 5.46. The van der Waals surface area contributed by atoms with Crippen molar-refractivity contribution in [3.63, 3.8) is 0 Å². The highest BCUT2D eigenvalue weighted by Gasteiger charge is 2.26. The normalized spacial score (nSPS) is 16.4. The minimum Gasteiger partial charge on any atom is -0.338 e. The van der Waals surface area contributed by atoms with E-state index in [1.807, 2.05) is 53.4 Å². The van der Waals surface area contributed by atoms with Crippen molar-refractivity contribution in [1.82, 2.24) is 14.9 Å². The third-order valence-corrected chi connectivity index (χ3v) is 5.89. The van der Waals surface area contributed by atoms with E-state index < -0.39 is 0 Å². The molecule has 0 aliphatic carbocycles. The average Bonchev–Trinajstić information content (AvgIpc) is 2.84. The van der Waals surface area contributed by atoms with Crippen molar-refractivity contribution < 1.29 is 9.18 Å². The fourth-order valence-corrected chi connectivity index (χ4v) is 4.25. The smallest absolute Gasteiger partial charge is 0.253 e. The van der Waals surface area contributed by atoms with Crippen molar-refractivity contribution >= 4 is 16.8 Å². The molecule has 31 heavy (non-hydrogen) atoms. The van der Waals surface area contributed by atoms with Crippen LogP contribution in [0.2, 0.25) is 0 Å². The van der Waals surface area contributed by atoms with Crippen molar-refractivity contribution in [2.45, 2.75) is 18.8 Å². The van der Waals surface area contributed by atoms with Gasteiger partial charge in [0.2, 0.25) is 0 Å². The van der Waals surface area contributed by atoms with Crippen LogP contribution in [0.4, 0.5) is 4.39 Å². The lowest BCUT2D eigenvalue weighted by atomic mass is 9.93. The maximum atomic E-state index is 13.3. The summed E-state index contributed by atoms with van der Waals surface area (Å²) in [6.45, 7) is 1.39. The number of carbonyl (C=O) groups is 1. The number of benzene rings is 2. The summed E-state index contributed by atoms with van der Waals surface area (Å²) in [5.41, 5.74) is 4.26. The second-order valence-corrected chi connectivity index (χ2v) is 7.96. The number of aromatic nitrogens is 2. The minimum absolute atomic E-state index is 0.0464. The fourth-order valence-electron chi connectivity index (χ4n) is 4.25. The molecule has 0 bridgehead atoms. The third kappa shape index (κ3) is 4.04. The molecule has 0 unspecified atom stereocenters. The van der Waals surface area contributed by atoms with Gasteiger partial charge in [0.25, 0.3) is 5.91 Å². The Bertz CT molecular complexity index is 1240. The standard InChI is InChI=1S/C26H22FN3O/c27-22-11-8-18(9-12-22)24-6-1-7-25(29-24)21-5-3-15-30(17-21)26(31)20-10-13-23-19(16-20)4-2-14-28-23/h1-2,4,6-14,16,21H,3,5,15,17H2/t21-/m0/s1. The van der Waals surface area contributed by atoms with E-state index in [2.05, 4.69) is 4.98 Å². The van der Waals surface area contributed by atoms with Crippen LogP contribution < -0.4 is 0 Å². The number of hydrogen-bond donors (Lipinski definition) is 0. The first-order chi connectivity index (χ1) is 15.2. The van der Waals surface area contributed by atoms with E-state index in [0.29, 0.717) is 12.1 Å². The molecule has 2 aromatic carbocycles. The van der Waals surface area contributed by atoms with Gasteiger partial charge in [-0.15, -0.1) is 0 Å². The molecule has 154 valence electrons. The number of rotatable bonds is 3. The van der Waals surface area contributed by atoms with Crippen LogP contribution in [0.3, 0.4) is 0 Å². The molecule has 5 rings (SSSR count). The highest BCUT2D eigenvalue weighted by atomic mass is 19.1. The Labute approximate surface area is 180 Å². The summed E-state index contributed by atoms with van der Waals surface area (Å²) in [5, 5.41) is 0.968. The van der Waals surface area contributed by atoms with E-state index in [1.165, 1.54) is 12.1 Å². The summed E-state index contributed by atoms with van der Waals surface area (Å²) >= 11 is 0. The predicted molar refractivity (Wildman–Crippen MR) is 119 cm³/mol. The van der Waals surface area contributed by atoms with Crippen LogP contribution in [0.15, 0.2) is 79.0 Å². The monoisotopic (exact) mass is 411 g/mol. The maximum Gasteiger partial charge on any atom is 0.253 e. The van der Waals surface area contributed by atoms with Crippen molar-refractivity contribution in [2.75, 3.05) is 13.1 Å². The molecule has 3 heterocycles. The number of likely N-dealkylation sites (tertiary alicyclic amines) is 1. The first kappa shape index (κ1) is 19.4. The van der Waals surface area contributed by atoms with Crippen LogP contribution in [-0.4, -0.2) is 33.9 Å². The third-order valence-electron chi connectivity index (χ3n) is 5.89. The topological polar surface area (TPSA) is 46.1 Å². The zero-order chi connectivity index (χ0) is 21.2. The van der Waals surface area contributed by atoms with Crippen molar-refractivity contribution in [1.29, 1.82) is 0 Å². The van der Waals surface area contributed by atoms with Crippen LogP contribution in [0.5, 0.6) is 0 Å². The van der Waals surface area contributed by atoms with Crippen molar-refractivity contribution in [3.05, 3.63) is 96.1 Å². The zero-order valence-corrected chi connectivity index (χ0v) is 17.0. The molecular weight excluding hydrogens is 389 g/mol. The summed E-state index contributed by atoms with van der Waals surface area (Å²) in [6, 6.07) is 21.9. The van der Waals surface area contributed by atoms with Gasteiger partial charge in [-0.2, -0.15) is 0 Å². The van der Waals surface area contributed by atoms with Crippen LogP contribution in [0, 0.1) is 5.82 Å². The number of pyridine rings is 2. The second-order valence-electron chi connectivity index (χ2n) is 7.96. The van der Waals surface area contributed by atoms with Crippen LogP contribution in [-0.2, 0) is 0 Å². The largest absolute Gasteiger partial charge is 0.338 e. The lowest BCUT2D eigenvalue weighted by molar-refractivity contribution is 0.0706. The molecule has 2 aromatic heterocycles. The molecule has 4 aromatic rings. The van der Waals surface area contributed by atoms with Gasteiger partial charge in [-0.3, -0.25) is 14.8 Å². The zero-order valence-electron chi connectivity index (χ0n) is 17.0.